The van der Waals surface area contributed by atoms with Crippen LogP contribution in [0.4, 0.5) is 13.2 Å². The molecule has 180 valence electrons. The molecular formula is C30H33F3O. The van der Waals surface area contributed by atoms with Crippen LogP contribution >= 0.6 is 0 Å². The monoisotopic (exact) mass is 466 g/mol. The van der Waals surface area contributed by atoms with Gasteiger partial charge in [-0.2, -0.15) is 8.78 Å². The molecule has 0 atom stereocenters. The Morgan fingerprint density at radius 1 is 0.735 bits per heavy atom. The molecule has 0 bridgehead atoms. The third kappa shape index (κ3) is 5.32. The predicted octanol–water partition coefficient (Wildman–Crippen LogP) is 9.59. The van der Waals surface area contributed by atoms with Crippen molar-refractivity contribution in [3.8, 4) is 28.0 Å². The van der Waals surface area contributed by atoms with Crippen molar-refractivity contribution in [3.05, 3.63) is 77.1 Å². The number of hydrogen-bond donors (Lipinski definition) is 0. The maximum Gasteiger partial charge on any atom is 0.427 e. The Morgan fingerprint density at radius 3 is 2.06 bits per heavy atom. The minimum absolute atomic E-state index is 0.228. The first-order valence-electron chi connectivity index (χ1n) is 12.5. The van der Waals surface area contributed by atoms with E-state index in [9.17, 15) is 0 Å². The van der Waals surface area contributed by atoms with E-state index in [1.807, 2.05) is 31.2 Å². The molecule has 1 heterocycles. The minimum atomic E-state index is -3.60. The van der Waals surface area contributed by atoms with Gasteiger partial charge in [0.15, 0.2) is 11.6 Å². The van der Waals surface area contributed by atoms with Gasteiger partial charge >= 0.3 is 6.11 Å². The molecule has 0 radical (unpaired) electrons. The van der Waals surface area contributed by atoms with Crippen molar-refractivity contribution in [1.82, 2.24) is 0 Å². The third-order valence-electron chi connectivity index (χ3n) is 6.72. The second kappa shape index (κ2) is 10.7. The van der Waals surface area contributed by atoms with Gasteiger partial charge in [-0.05, 0) is 48.1 Å². The van der Waals surface area contributed by atoms with Gasteiger partial charge in [0, 0.05) is 5.56 Å². The topological polar surface area (TPSA) is 9.23 Å². The van der Waals surface area contributed by atoms with E-state index >= 15 is 13.2 Å². The lowest BCUT2D eigenvalue weighted by Crippen LogP contribution is -2.27. The zero-order valence-electron chi connectivity index (χ0n) is 20.1. The van der Waals surface area contributed by atoms with E-state index < -0.39 is 11.9 Å². The van der Waals surface area contributed by atoms with Gasteiger partial charge in [-0.1, -0.05) is 106 Å². The van der Waals surface area contributed by atoms with Crippen molar-refractivity contribution in [2.75, 3.05) is 0 Å². The highest BCUT2D eigenvalue weighted by Crippen LogP contribution is 2.49. The van der Waals surface area contributed by atoms with E-state index in [1.54, 1.807) is 24.3 Å². The Morgan fingerprint density at radius 2 is 1.35 bits per heavy atom. The van der Waals surface area contributed by atoms with E-state index in [-0.39, 0.29) is 11.3 Å². The molecule has 4 rings (SSSR count). The number of halogens is 3. The Kier molecular flexibility index (Phi) is 7.65. The fourth-order valence-electron chi connectivity index (χ4n) is 4.68. The molecule has 1 aliphatic rings. The molecule has 1 nitrogen and oxygen atoms in total. The molecule has 0 aliphatic carbocycles. The van der Waals surface area contributed by atoms with Gasteiger partial charge in [0.2, 0.25) is 0 Å². The van der Waals surface area contributed by atoms with Crippen LogP contribution in [0.5, 0.6) is 5.75 Å². The number of rotatable bonds is 10. The Labute approximate surface area is 201 Å². The third-order valence-corrected chi connectivity index (χ3v) is 6.72. The van der Waals surface area contributed by atoms with Crippen LogP contribution in [0, 0.1) is 12.7 Å². The number of fused-ring (bicyclic) bond motifs is 3. The molecule has 0 unspecified atom stereocenters. The lowest BCUT2D eigenvalue weighted by molar-refractivity contribution is -0.188. The molecule has 0 N–H and O–H groups in total. The summed E-state index contributed by atoms with van der Waals surface area (Å²) in [5.41, 5.74) is 3.54. The highest BCUT2D eigenvalue weighted by Gasteiger charge is 2.43. The van der Waals surface area contributed by atoms with Crippen molar-refractivity contribution in [3.63, 3.8) is 0 Å². The molecule has 0 amide bonds. The van der Waals surface area contributed by atoms with E-state index in [4.69, 9.17) is 4.74 Å². The number of aryl methyl sites for hydroxylation is 2. The lowest BCUT2D eigenvalue weighted by atomic mass is 9.90. The predicted molar refractivity (Wildman–Crippen MR) is 133 cm³/mol. The number of benzene rings is 3. The largest absolute Gasteiger partial charge is 0.427 e. The summed E-state index contributed by atoms with van der Waals surface area (Å²) >= 11 is 0. The van der Waals surface area contributed by atoms with Crippen LogP contribution < -0.4 is 4.74 Å². The standard InChI is InChI=1S/C30H33F3O/c1-3-4-5-6-7-8-9-10-11-23-16-19-26-25-18-17-24(22-14-12-21(2)13-15-22)20-27(25)30(32,33)34-29(26)28(23)31/h12-20H,3-11H2,1-2H3. The Balaban J connectivity index is 1.51. The second-order valence-corrected chi connectivity index (χ2v) is 9.39. The molecule has 0 saturated heterocycles. The van der Waals surface area contributed by atoms with Crippen LogP contribution in [0.1, 0.15) is 75.0 Å². The van der Waals surface area contributed by atoms with Gasteiger partial charge in [0.25, 0.3) is 0 Å². The molecule has 34 heavy (non-hydrogen) atoms. The summed E-state index contributed by atoms with van der Waals surface area (Å²) in [6.45, 7) is 4.18. The van der Waals surface area contributed by atoms with E-state index in [1.165, 1.54) is 38.2 Å². The maximum atomic E-state index is 15.2. The first-order valence-corrected chi connectivity index (χ1v) is 12.5. The highest BCUT2D eigenvalue weighted by atomic mass is 19.3. The smallest absolute Gasteiger partial charge is 0.425 e. The summed E-state index contributed by atoms with van der Waals surface area (Å²) in [5.74, 6) is -0.994. The summed E-state index contributed by atoms with van der Waals surface area (Å²) in [5, 5.41) is 0. The van der Waals surface area contributed by atoms with Gasteiger partial charge in [-0.15, -0.1) is 0 Å². The summed E-state index contributed by atoms with van der Waals surface area (Å²) in [6.07, 6.45) is 6.15. The van der Waals surface area contributed by atoms with Gasteiger partial charge in [-0.25, -0.2) is 4.39 Å². The normalized spacial score (nSPS) is 13.8. The van der Waals surface area contributed by atoms with E-state index in [2.05, 4.69) is 6.92 Å². The maximum absolute atomic E-state index is 15.2. The number of ether oxygens (including phenoxy) is 1. The number of alkyl halides is 2. The molecular weight excluding hydrogens is 433 g/mol. The van der Waals surface area contributed by atoms with Crippen LogP contribution in [0.25, 0.3) is 22.3 Å². The second-order valence-electron chi connectivity index (χ2n) is 9.39. The Hall–Kier alpha value is -2.75. The average Bonchev–Trinajstić information content (AvgIpc) is 2.83. The van der Waals surface area contributed by atoms with E-state index in [0.29, 0.717) is 28.7 Å². The molecule has 0 saturated carbocycles. The number of hydrogen-bond acceptors (Lipinski definition) is 1. The van der Waals surface area contributed by atoms with Crippen molar-refractivity contribution in [2.24, 2.45) is 0 Å². The summed E-state index contributed by atoms with van der Waals surface area (Å²) in [4.78, 5) is 0. The summed E-state index contributed by atoms with van der Waals surface area (Å²) < 4.78 is 50.3. The molecule has 0 aromatic heterocycles. The van der Waals surface area contributed by atoms with Crippen LogP contribution in [0.15, 0.2) is 54.6 Å². The zero-order chi connectivity index (χ0) is 24.1. The molecule has 4 heteroatoms. The zero-order valence-corrected chi connectivity index (χ0v) is 20.1. The lowest BCUT2D eigenvalue weighted by Gasteiger charge is -2.29. The molecule has 3 aromatic rings. The van der Waals surface area contributed by atoms with Gasteiger partial charge in [0.05, 0.1) is 5.56 Å². The van der Waals surface area contributed by atoms with Gasteiger partial charge in [-0.3, -0.25) is 0 Å². The van der Waals surface area contributed by atoms with Crippen molar-refractivity contribution < 1.29 is 17.9 Å². The highest BCUT2D eigenvalue weighted by molar-refractivity contribution is 5.80. The first kappa shape index (κ1) is 24.4. The van der Waals surface area contributed by atoms with Crippen molar-refractivity contribution in [2.45, 2.75) is 77.7 Å². The molecule has 0 fully saturated rings. The van der Waals surface area contributed by atoms with E-state index in [0.717, 1.165) is 30.4 Å². The van der Waals surface area contributed by atoms with Crippen molar-refractivity contribution >= 4 is 0 Å². The summed E-state index contributed by atoms with van der Waals surface area (Å²) in [6, 6.07) is 16.1. The number of unbranched alkanes of at least 4 members (excludes halogenated alkanes) is 7. The fraction of sp³-hybridized carbons (Fsp3) is 0.400. The van der Waals surface area contributed by atoms with Crippen molar-refractivity contribution in [1.29, 1.82) is 0 Å². The van der Waals surface area contributed by atoms with Crippen LogP contribution in [-0.2, 0) is 12.5 Å². The van der Waals surface area contributed by atoms with Gasteiger partial charge < -0.3 is 4.74 Å². The SMILES string of the molecule is CCCCCCCCCCc1ccc2c(c1F)OC(F)(F)c1cc(-c3ccc(C)cc3)ccc1-2. The first-order chi connectivity index (χ1) is 16.4. The molecule has 1 aliphatic heterocycles. The quantitative estimate of drug-likeness (QED) is 0.270. The fourth-order valence-corrected chi connectivity index (χ4v) is 4.68. The van der Waals surface area contributed by atoms with Crippen LogP contribution in [0.3, 0.4) is 0 Å². The molecule has 0 spiro atoms. The van der Waals surface area contributed by atoms with Crippen LogP contribution in [-0.4, -0.2) is 0 Å². The average molecular weight is 467 g/mol. The van der Waals surface area contributed by atoms with Crippen LogP contribution in [0.2, 0.25) is 0 Å². The Bertz CT molecular complexity index is 1120. The summed E-state index contributed by atoms with van der Waals surface area (Å²) in [7, 11) is 0. The van der Waals surface area contributed by atoms with Gasteiger partial charge in [0.1, 0.15) is 0 Å². The molecule has 3 aromatic carbocycles. The minimum Gasteiger partial charge on any atom is -0.425 e.